The van der Waals surface area contributed by atoms with Crippen LogP contribution in [0.15, 0.2) is 24.3 Å². The van der Waals surface area contributed by atoms with Crippen LogP contribution in [0.25, 0.3) is 0 Å². The number of benzene rings is 2. The molecule has 1 atom stereocenters. The quantitative estimate of drug-likeness (QED) is 0.863. The molecule has 0 saturated carbocycles. The molecule has 0 unspecified atom stereocenters. The highest BCUT2D eigenvalue weighted by atomic mass is 16.5. The molecule has 2 aromatic rings. The number of ether oxygens (including phenoxy) is 2. The highest BCUT2D eigenvalue weighted by Gasteiger charge is 2.47. The van der Waals surface area contributed by atoms with Gasteiger partial charge in [0.15, 0.2) is 23.0 Å². The minimum Gasteiger partial charge on any atom is -0.504 e. The number of methoxy groups -OCH3 is 2. The monoisotopic (exact) mass is 352 g/mol. The summed E-state index contributed by atoms with van der Waals surface area (Å²) < 4.78 is 10.4. The van der Waals surface area contributed by atoms with E-state index in [1.165, 1.54) is 14.2 Å². The highest BCUT2D eigenvalue weighted by Crippen LogP contribution is 2.48. The number of nitriles is 1. The normalized spacial score (nSPS) is 21.1. The highest BCUT2D eigenvalue weighted by molar-refractivity contribution is 5.57. The summed E-state index contributed by atoms with van der Waals surface area (Å²) >= 11 is 0. The fourth-order valence-electron chi connectivity index (χ4n) is 4.20. The Kier molecular flexibility index (Phi) is 3.70. The lowest BCUT2D eigenvalue weighted by atomic mass is 9.73. The number of aromatic hydroxyl groups is 2. The molecule has 0 radical (unpaired) electrons. The second-order valence-electron chi connectivity index (χ2n) is 6.76. The molecule has 0 aliphatic carbocycles. The maximum Gasteiger partial charge on any atom is 0.162 e. The van der Waals surface area contributed by atoms with Gasteiger partial charge in [0.05, 0.1) is 20.3 Å². The Hall–Kier alpha value is -2.91. The predicted molar refractivity (Wildman–Crippen MR) is 94.4 cm³/mol. The molecule has 0 aromatic heterocycles. The Morgan fingerprint density at radius 3 is 2.58 bits per heavy atom. The van der Waals surface area contributed by atoms with Gasteiger partial charge in [0.1, 0.15) is 5.54 Å². The van der Waals surface area contributed by atoms with Crippen LogP contribution in [0.5, 0.6) is 23.0 Å². The van der Waals surface area contributed by atoms with Gasteiger partial charge in [-0.25, -0.2) is 0 Å². The van der Waals surface area contributed by atoms with Crippen molar-refractivity contribution in [1.29, 1.82) is 5.26 Å². The predicted octanol–water partition coefficient (Wildman–Crippen LogP) is 2.45. The zero-order valence-electron chi connectivity index (χ0n) is 14.7. The van der Waals surface area contributed by atoms with Crippen LogP contribution in [0.1, 0.15) is 22.3 Å². The van der Waals surface area contributed by atoms with Crippen molar-refractivity contribution in [2.75, 3.05) is 20.8 Å². The molecule has 26 heavy (non-hydrogen) atoms. The van der Waals surface area contributed by atoms with Gasteiger partial charge in [0, 0.05) is 25.1 Å². The van der Waals surface area contributed by atoms with Crippen molar-refractivity contribution in [3.8, 4) is 29.1 Å². The molecule has 4 rings (SSSR count). The Bertz CT molecular complexity index is 934. The average molecular weight is 352 g/mol. The van der Waals surface area contributed by atoms with Crippen LogP contribution in [0, 0.1) is 11.3 Å². The van der Waals surface area contributed by atoms with Crippen molar-refractivity contribution in [3.63, 3.8) is 0 Å². The lowest BCUT2D eigenvalue weighted by molar-refractivity contribution is 0.0985. The molecular weight excluding hydrogens is 332 g/mol. The van der Waals surface area contributed by atoms with Gasteiger partial charge in [0.25, 0.3) is 0 Å². The topological polar surface area (TPSA) is 86.0 Å². The molecule has 0 spiro atoms. The molecule has 2 aliphatic heterocycles. The first-order chi connectivity index (χ1) is 12.5. The van der Waals surface area contributed by atoms with E-state index in [9.17, 15) is 15.5 Å². The van der Waals surface area contributed by atoms with E-state index in [0.29, 0.717) is 31.0 Å². The number of phenols is 2. The standard InChI is InChI=1S/C20H20N2O4/c1-25-17-4-3-13-9-20(11-21)15-8-16(23)18(26-2)7-12(15)5-6-22(20)10-14(13)19(17)24/h3-4,7-8,23-24H,5-6,9-10H2,1-2H3/t20-/m1/s1. The number of hydrogen-bond acceptors (Lipinski definition) is 6. The van der Waals surface area contributed by atoms with Crippen molar-refractivity contribution in [1.82, 2.24) is 4.90 Å². The Morgan fingerprint density at radius 2 is 1.88 bits per heavy atom. The Labute approximate surface area is 151 Å². The van der Waals surface area contributed by atoms with Gasteiger partial charge in [-0.2, -0.15) is 5.26 Å². The lowest BCUT2D eigenvalue weighted by Crippen LogP contribution is -2.53. The summed E-state index contributed by atoms with van der Waals surface area (Å²) in [6, 6.07) is 9.59. The van der Waals surface area contributed by atoms with E-state index in [-0.39, 0.29) is 11.5 Å². The third-order valence-electron chi connectivity index (χ3n) is 5.58. The van der Waals surface area contributed by atoms with Crippen molar-refractivity contribution >= 4 is 0 Å². The van der Waals surface area contributed by atoms with Crippen molar-refractivity contribution in [3.05, 3.63) is 46.5 Å². The number of phenolic OH excluding ortho intramolecular Hbond substituents is 2. The third kappa shape index (κ3) is 2.14. The van der Waals surface area contributed by atoms with Crippen molar-refractivity contribution < 1.29 is 19.7 Å². The molecule has 2 heterocycles. The van der Waals surface area contributed by atoms with E-state index in [1.54, 1.807) is 12.1 Å². The maximum absolute atomic E-state index is 10.5. The molecule has 0 fully saturated rings. The summed E-state index contributed by atoms with van der Waals surface area (Å²) in [4.78, 5) is 2.07. The summed E-state index contributed by atoms with van der Waals surface area (Å²) in [7, 11) is 3.04. The van der Waals surface area contributed by atoms with Gasteiger partial charge >= 0.3 is 0 Å². The molecule has 6 heteroatoms. The first kappa shape index (κ1) is 16.6. The van der Waals surface area contributed by atoms with E-state index in [4.69, 9.17) is 9.47 Å². The number of fused-ring (bicyclic) bond motifs is 4. The number of rotatable bonds is 2. The fourth-order valence-corrected chi connectivity index (χ4v) is 4.20. The largest absolute Gasteiger partial charge is 0.504 e. The van der Waals surface area contributed by atoms with Gasteiger partial charge in [-0.15, -0.1) is 0 Å². The average Bonchev–Trinajstić information content (AvgIpc) is 2.66. The number of hydrogen-bond donors (Lipinski definition) is 2. The number of nitrogens with zero attached hydrogens (tertiary/aromatic N) is 2. The molecule has 2 N–H and O–H groups in total. The van der Waals surface area contributed by atoms with Crippen LogP contribution in [0.2, 0.25) is 0 Å². The van der Waals surface area contributed by atoms with Gasteiger partial charge in [-0.1, -0.05) is 6.07 Å². The van der Waals surface area contributed by atoms with E-state index in [1.807, 2.05) is 12.1 Å². The van der Waals surface area contributed by atoms with E-state index >= 15 is 0 Å². The third-order valence-corrected chi connectivity index (χ3v) is 5.58. The van der Waals surface area contributed by atoms with Crippen molar-refractivity contribution in [2.45, 2.75) is 24.9 Å². The fraction of sp³-hybridized carbons (Fsp3) is 0.350. The molecule has 0 amide bonds. The smallest absolute Gasteiger partial charge is 0.162 e. The lowest BCUT2D eigenvalue weighted by Gasteiger charge is -2.47. The van der Waals surface area contributed by atoms with Gasteiger partial charge in [-0.05, 0) is 41.3 Å². The minimum atomic E-state index is -0.870. The SMILES string of the molecule is COc1cc2c(cc1O)[C@]1(C#N)Cc3ccc(OC)c(O)c3CN1CC2. The second kappa shape index (κ2) is 5.82. The molecule has 6 nitrogen and oxygen atoms in total. The molecular formula is C20H20N2O4. The van der Waals surface area contributed by atoms with Crippen molar-refractivity contribution in [2.24, 2.45) is 0 Å². The molecule has 0 saturated heterocycles. The summed E-state index contributed by atoms with van der Waals surface area (Å²) in [6.07, 6.45) is 1.19. The first-order valence-electron chi connectivity index (χ1n) is 8.48. The van der Waals surface area contributed by atoms with Gasteiger partial charge in [0.2, 0.25) is 0 Å². The minimum absolute atomic E-state index is 0.0334. The first-order valence-corrected chi connectivity index (χ1v) is 8.48. The summed E-state index contributed by atoms with van der Waals surface area (Å²) in [5.41, 5.74) is 2.68. The van der Waals surface area contributed by atoms with E-state index in [0.717, 1.165) is 28.7 Å². The second-order valence-corrected chi connectivity index (χ2v) is 6.76. The Balaban J connectivity index is 1.88. The summed E-state index contributed by atoms with van der Waals surface area (Å²) in [5, 5.41) is 30.9. The van der Waals surface area contributed by atoms with Gasteiger partial charge < -0.3 is 19.7 Å². The zero-order chi connectivity index (χ0) is 18.5. The molecule has 2 aromatic carbocycles. The van der Waals surface area contributed by atoms with Crippen LogP contribution < -0.4 is 9.47 Å². The summed E-state index contributed by atoms with van der Waals surface area (Å²) in [6.45, 7) is 1.14. The molecule has 2 aliphatic rings. The van der Waals surface area contributed by atoms with Crippen LogP contribution in [0.4, 0.5) is 0 Å². The van der Waals surface area contributed by atoms with Crippen LogP contribution in [-0.4, -0.2) is 35.9 Å². The summed E-state index contributed by atoms with van der Waals surface area (Å²) in [5.74, 6) is 1.03. The molecule has 134 valence electrons. The Morgan fingerprint density at radius 1 is 1.12 bits per heavy atom. The van der Waals surface area contributed by atoms with E-state index < -0.39 is 5.54 Å². The van der Waals surface area contributed by atoms with Crippen LogP contribution in [0.3, 0.4) is 0 Å². The van der Waals surface area contributed by atoms with Crippen LogP contribution in [-0.2, 0) is 24.9 Å². The van der Waals surface area contributed by atoms with E-state index in [2.05, 4.69) is 11.0 Å². The van der Waals surface area contributed by atoms with Gasteiger partial charge in [-0.3, -0.25) is 4.90 Å². The molecule has 0 bridgehead atoms. The van der Waals surface area contributed by atoms with Crippen LogP contribution >= 0.6 is 0 Å². The zero-order valence-corrected chi connectivity index (χ0v) is 14.7. The maximum atomic E-state index is 10.5.